The van der Waals surface area contributed by atoms with Crippen molar-refractivity contribution in [1.29, 1.82) is 0 Å². The number of hydrogen-bond acceptors (Lipinski definition) is 2. The van der Waals surface area contributed by atoms with Crippen LogP contribution in [0.15, 0.2) is 24.4 Å². The van der Waals surface area contributed by atoms with Gasteiger partial charge < -0.3 is 15.2 Å². The van der Waals surface area contributed by atoms with Gasteiger partial charge in [0.25, 0.3) is 0 Å². The van der Waals surface area contributed by atoms with Gasteiger partial charge in [0.15, 0.2) is 0 Å². The number of amides is 1. The number of carbonyl (C=O) groups is 1. The predicted molar refractivity (Wildman–Crippen MR) is 123 cm³/mol. The number of aromatic nitrogens is 1. The zero-order valence-corrected chi connectivity index (χ0v) is 18.6. The van der Waals surface area contributed by atoms with Crippen molar-refractivity contribution >= 4 is 22.5 Å². The van der Waals surface area contributed by atoms with Crippen LogP contribution in [0, 0.1) is 11.8 Å². The Morgan fingerprint density at radius 2 is 2.03 bits per heavy atom. The molecule has 1 fully saturated rings. The zero-order valence-electron chi connectivity index (χ0n) is 18.6. The van der Waals surface area contributed by atoms with Gasteiger partial charge in [-0.3, -0.25) is 4.79 Å². The van der Waals surface area contributed by atoms with Crippen LogP contribution in [-0.4, -0.2) is 35.4 Å². The van der Waals surface area contributed by atoms with Crippen LogP contribution in [0.25, 0.3) is 10.9 Å². The van der Waals surface area contributed by atoms with Gasteiger partial charge >= 0.3 is 0 Å². The number of unbranched alkanes of at least 4 members (excludes halogenated alkanes) is 1. The van der Waals surface area contributed by atoms with Gasteiger partial charge in [-0.25, -0.2) is 0 Å². The summed E-state index contributed by atoms with van der Waals surface area (Å²) in [4.78, 5) is 18.7. The maximum atomic E-state index is 12.7. The second-order valence-electron chi connectivity index (χ2n) is 8.80. The SMILES string of the molecule is CCCC[C@H](CC)C(=O)Nc1ccc2[nH]cc(CCN(CCC)CC3CC3)c2c1. The number of rotatable bonds is 13. The topological polar surface area (TPSA) is 48.1 Å². The van der Waals surface area contributed by atoms with Gasteiger partial charge in [0.1, 0.15) is 0 Å². The summed E-state index contributed by atoms with van der Waals surface area (Å²) in [5, 5.41) is 4.41. The lowest BCUT2D eigenvalue weighted by molar-refractivity contribution is -0.120. The first-order valence-electron chi connectivity index (χ1n) is 11.8. The van der Waals surface area contributed by atoms with E-state index >= 15 is 0 Å². The third-order valence-corrected chi connectivity index (χ3v) is 6.26. The first-order valence-corrected chi connectivity index (χ1v) is 11.8. The fourth-order valence-corrected chi connectivity index (χ4v) is 4.23. The minimum Gasteiger partial charge on any atom is -0.361 e. The van der Waals surface area contributed by atoms with Crippen molar-refractivity contribution in [1.82, 2.24) is 9.88 Å². The lowest BCUT2D eigenvalue weighted by atomic mass is 9.98. The van der Waals surface area contributed by atoms with Gasteiger partial charge in [0, 0.05) is 41.8 Å². The molecule has 3 rings (SSSR count). The molecule has 1 aliphatic rings. The standard InChI is InChI=1S/C25H39N3O/c1-4-7-8-20(6-3)25(29)27-22-11-12-24-23(16-22)21(17-26-24)13-15-28(14-5-2)18-19-9-10-19/h11-12,16-17,19-20,26H,4-10,13-15,18H2,1-3H3,(H,27,29)/t20-/m0/s1. The number of anilines is 1. The summed E-state index contributed by atoms with van der Waals surface area (Å²) >= 11 is 0. The molecule has 0 saturated heterocycles. The highest BCUT2D eigenvalue weighted by Gasteiger charge is 2.24. The Kier molecular flexibility index (Phi) is 8.17. The average Bonchev–Trinajstić information content (AvgIpc) is 3.45. The van der Waals surface area contributed by atoms with Crippen molar-refractivity contribution in [2.24, 2.45) is 11.8 Å². The molecular weight excluding hydrogens is 358 g/mol. The molecule has 1 amide bonds. The maximum absolute atomic E-state index is 12.7. The first-order chi connectivity index (χ1) is 14.1. The molecule has 1 aromatic heterocycles. The normalized spacial score (nSPS) is 15.2. The number of carbonyl (C=O) groups excluding carboxylic acids is 1. The van der Waals surface area contributed by atoms with Crippen LogP contribution < -0.4 is 5.32 Å². The fraction of sp³-hybridized carbons (Fsp3) is 0.640. The molecule has 1 aromatic carbocycles. The van der Waals surface area contributed by atoms with E-state index in [1.54, 1.807) is 0 Å². The smallest absolute Gasteiger partial charge is 0.227 e. The number of H-pyrrole nitrogens is 1. The highest BCUT2D eigenvalue weighted by atomic mass is 16.1. The molecule has 0 bridgehead atoms. The van der Waals surface area contributed by atoms with Crippen molar-refractivity contribution < 1.29 is 4.79 Å². The van der Waals surface area contributed by atoms with Crippen LogP contribution in [0.3, 0.4) is 0 Å². The fourth-order valence-electron chi connectivity index (χ4n) is 4.23. The molecule has 0 unspecified atom stereocenters. The van der Waals surface area contributed by atoms with Crippen LogP contribution in [0.1, 0.15) is 71.3 Å². The lowest BCUT2D eigenvalue weighted by Crippen LogP contribution is -2.29. The monoisotopic (exact) mass is 397 g/mol. The van der Waals surface area contributed by atoms with E-state index in [1.807, 2.05) is 6.07 Å². The molecule has 1 saturated carbocycles. The van der Waals surface area contributed by atoms with Crippen LogP contribution in [0.5, 0.6) is 0 Å². The number of nitrogens with zero attached hydrogens (tertiary/aromatic N) is 1. The molecule has 29 heavy (non-hydrogen) atoms. The van der Waals surface area contributed by atoms with Crippen LogP contribution in [0.2, 0.25) is 0 Å². The number of fused-ring (bicyclic) bond motifs is 1. The Morgan fingerprint density at radius 1 is 1.21 bits per heavy atom. The summed E-state index contributed by atoms with van der Waals surface area (Å²) < 4.78 is 0. The Balaban J connectivity index is 1.64. The van der Waals surface area contributed by atoms with Crippen molar-refractivity contribution in [2.75, 3.05) is 25.0 Å². The molecule has 1 aliphatic carbocycles. The summed E-state index contributed by atoms with van der Waals surface area (Å²) in [5.74, 6) is 1.21. The van der Waals surface area contributed by atoms with E-state index in [4.69, 9.17) is 0 Å². The van der Waals surface area contributed by atoms with E-state index in [2.05, 4.69) is 54.3 Å². The van der Waals surface area contributed by atoms with Gasteiger partial charge in [-0.2, -0.15) is 0 Å². The number of aromatic amines is 1. The van der Waals surface area contributed by atoms with E-state index in [0.717, 1.165) is 55.8 Å². The molecular formula is C25H39N3O. The maximum Gasteiger partial charge on any atom is 0.227 e. The number of hydrogen-bond donors (Lipinski definition) is 2. The molecule has 0 radical (unpaired) electrons. The van der Waals surface area contributed by atoms with Crippen LogP contribution in [-0.2, 0) is 11.2 Å². The van der Waals surface area contributed by atoms with Crippen molar-refractivity contribution in [3.05, 3.63) is 30.0 Å². The molecule has 1 atom stereocenters. The molecule has 0 spiro atoms. The van der Waals surface area contributed by atoms with Crippen LogP contribution in [0.4, 0.5) is 5.69 Å². The third kappa shape index (κ3) is 6.33. The molecule has 160 valence electrons. The summed E-state index contributed by atoms with van der Waals surface area (Å²) in [6.07, 6.45) is 11.4. The molecule has 2 N–H and O–H groups in total. The first kappa shape index (κ1) is 21.9. The van der Waals surface area contributed by atoms with Gasteiger partial charge in [-0.1, -0.05) is 33.6 Å². The van der Waals surface area contributed by atoms with Crippen molar-refractivity contribution in [3.8, 4) is 0 Å². The molecule has 2 aromatic rings. The van der Waals surface area contributed by atoms with Crippen molar-refractivity contribution in [2.45, 2.75) is 72.1 Å². The summed E-state index contributed by atoms with van der Waals surface area (Å²) in [6.45, 7) is 10.1. The Hall–Kier alpha value is -1.81. The second-order valence-corrected chi connectivity index (χ2v) is 8.80. The van der Waals surface area contributed by atoms with E-state index in [-0.39, 0.29) is 11.8 Å². The highest BCUT2D eigenvalue weighted by molar-refractivity contribution is 5.95. The van der Waals surface area contributed by atoms with Crippen molar-refractivity contribution in [3.63, 3.8) is 0 Å². The van der Waals surface area contributed by atoms with Gasteiger partial charge in [0.2, 0.25) is 5.91 Å². The largest absolute Gasteiger partial charge is 0.361 e. The summed E-state index contributed by atoms with van der Waals surface area (Å²) in [6, 6.07) is 6.26. The number of benzene rings is 1. The predicted octanol–water partition coefficient (Wildman–Crippen LogP) is 5.99. The zero-order chi connectivity index (χ0) is 20.6. The molecule has 0 aliphatic heterocycles. The Morgan fingerprint density at radius 3 is 2.72 bits per heavy atom. The second kappa shape index (κ2) is 10.8. The minimum absolute atomic E-state index is 0.112. The molecule has 4 nitrogen and oxygen atoms in total. The van der Waals surface area contributed by atoms with Gasteiger partial charge in [-0.15, -0.1) is 0 Å². The van der Waals surface area contributed by atoms with Gasteiger partial charge in [0.05, 0.1) is 0 Å². The number of nitrogens with one attached hydrogen (secondary N) is 2. The summed E-state index contributed by atoms with van der Waals surface area (Å²) in [5.41, 5.74) is 3.42. The minimum atomic E-state index is 0.112. The quantitative estimate of drug-likeness (QED) is 0.436. The average molecular weight is 398 g/mol. The van der Waals surface area contributed by atoms with E-state index in [0.29, 0.717) is 0 Å². The van der Waals surface area contributed by atoms with E-state index in [1.165, 1.54) is 43.3 Å². The molecule has 4 heteroatoms. The molecule has 1 heterocycles. The lowest BCUT2D eigenvalue weighted by Gasteiger charge is -2.21. The van der Waals surface area contributed by atoms with Gasteiger partial charge in [-0.05, 0) is 74.8 Å². The van der Waals surface area contributed by atoms with E-state index < -0.39 is 0 Å². The Labute approximate surface area is 176 Å². The highest BCUT2D eigenvalue weighted by Crippen LogP contribution is 2.30. The van der Waals surface area contributed by atoms with Crippen LogP contribution >= 0.6 is 0 Å². The summed E-state index contributed by atoms with van der Waals surface area (Å²) in [7, 11) is 0. The third-order valence-electron chi connectivity index (χ3n) is 6.26. The Bertz CT molecular complexity index is 777. The van der Waals surface area contributed by atoms with E-state index in [9.17, 15) is 4.79 Å².